The van der Waals surface area contributed by atoms with Gasteiger partial charge in [0.1, 0.15) is 6.04 Å². The van der Waals surface area contributed by atoms with Crippen LogP contribution >= 0.6 is 11.3 Å². The van der Waals surface area contributed by atoms with Crippen LogP contribution in [0.2, 0.25) is 0 Å². The molecule has 2 amide bonds. The molecule has 126 valence electrons. The topological polar surface area (TPSA) is 71.1 Å². The molecule has 0 fully saturated rings. The van der Waals surface area contributed by atoms with Crippen molar-refractivity contribution in [2.75, 3.05) is 5.32 Å². The zero-order valence-corrected chi connectivity index (χ0v) is 14.2. The number of amides is 2. The Morgan fingerprint density at radius 2 is 1.88 bits per heavy atom. The number of rotatable bonds is 6. The molecule has 0 saturated carbocycles. The first-order valence-corrected chi connectivity index (χ1v) is 8.69. The molecule has 0 aliphatic heterocycles. The van der Waals surface area contributed by atoms with Crippen molar-refractivity contribution in [1.82, 2.24) is 10.3 Å². The van der Waals surface area contributed by atoms with Gasteiger partial charge >= 0.3 is 0 Å². The number of anilines is 1. The maximum Gasteiger partial charge on any atom is 0.262 e. The van der Waals surface area contributed by atoms with E-state index >= 15 is 0 Å². The molecule has 3 aromatic rings. The van der Waals surface area contributed by atoms with Crippen LogP contribution in [0.3, 0.4) is 0 Å². The minimum Gasteiger partial charge on any atom is -0.339 e. The van der Waals surface area contributed by atoms with Crippen LogP contribution in [0.15, 0.2) is 72.4 Å². The second kappa shape index (κ2) is 8.21. The van der Waals surface area contributed by atoms with Crippen molar-refractivity contribution in [2.45, 2.75) is 12.5 Å². The second-order valence-corrected chi connectivity index (χ2v) is 6.37. The van der Waals surface area contributed by atoms with Gasteiger partial charge in [0.25, 0.3) is 5.91 Å². The van der Waals surface area contributed by atoms with Gasteiger partial charge in [0.05, 0.1) is 16.8 Å². The number of pyridine rings is 1. The van der Waals surface area contributed by atoms with Crippen molar-refractivity contribution >= 4 is 28.8 Å². The number of hydrogen-bond donors (Lipinski definition) is 2. The van der Waals surface area contributed by atoms with Gasteiger partial charge in [-0.25, -0.2) is 0 Å². The average molecular weight is 351 g/mol. The molecule has 25 heavy (non-hydrogen) atoms. The molecule has 1 aromatic carbocycles. The summed E-state index contributed by atoms with van der Waals surface area (Å²) in [5.41, 5.74) is 1.57. The van der Waals surface area contributed by atoms with Crippen LogP contribution in [0.1, 0.15) is 15.2 Å². The maximum atomic E-state index is 12.7. The second-order valence-electron chi connectivity index (χ2n) is 5.42. The molecule has 0 aliphatic carbocycles. The molecule has 0 aliphatic rings. The number of carbonyl (C=O) groups is 2. The van der Waals surface area contributed by atoms with Crippen LogP contribution in [-0.2, 0) is 11.2 Å². The zero-order chi connectivity index (χ0) is 17.5. The Morgan fingerprint density at radius 1 is 1.04 bits per heavy atom. The molecular formula is C19H17N3O2S. The lowest BCUT2D eigenvalue weighted by Crippen LogP contribution is -2.45. The Balaban J connectivity index is 1.75. The number of thiophene rings is 1. The SMILES string of the molecule is O=C(N[C@@H](Cc1ccccc1)C(=O)Nc1cccnc1)c1cccs1. The van der Waals surface area contributed by atoms with E-state index in [1.807, 2.05) is 41.8 Å². The molecule has 3 rings (SSSR count). The predicted molar refractivity (Wildman–Crippen MR) is 98.6 cm³/mol. The van der Waals surface area contributed by atoms with Crippen molar-refractivity contribution in [3.63, 3.8) is 0 Å². The minimum atomic E-state index is -0.683. The summed E-state index contributed by atoms with van der Waals surface area (Å²) < 4.78 is 0. The van der Waals surface area contributed by atoms with Crippen molar-refractivity contribution in [1.29, 1.82) is 0 Å². The van der Waals surface area contributed by atoms with Crippen LogP contribution in [0.5, 0.6) is 0 Å². The number of hydrogen-bond acceptors (Lipinski definition) is 4. The van der Waals surface area contributed by atoms with Crippen LogP contribution in [0.25, 0.3) is 0 Å². The highest BCUT2D eigenvalue weighted by atomic mass is 32.1. The molecule has 0 saturated heterocycles. The summed E-state index contributed by atoms with van der Waals surface area (Å²) >= 11 is 1.34. The molecule has 0 radical (unpaired) electrons. The van der Waals surface area contributed by atoms with Gasteiger partial charge in [-0.2, -0.15) is 0 Å². The number of aromatic nitrogens is 1. The van der Waals surface area contributed by atoms with E-state index in [0.29, 0.717) is 17.0 Å². The molecule has 1 atom stereocenters. The Labute approximate surface area is 149 Å². The largest absolute Gasteiger partial charge is 0.339 e. The van der Waals surface area contributed by atoms with Crippen molar-refractivity contribution in [2.24, 2.45) is 0 Å². The highest BCUT2D eigenvalue weighted by Crippen LogP contribution is 2.11. The highest BCUT2D eigenvalue weighted by molar-refractivity contribution is 7.12. The third kappa shape index (κ3) is 4.74. The Kier molecular flexibility index (Phi) is 5.53. The summed E-state index contributed by atoms with van der Waals surface area (Å²) in [6, 6.07) is 16.0. The van der Waals surface area contributed by atoms with Gasteiger partial charge in [0, 0.05) is 12.6 Å². The molecule has 0 spiro atoms. The lowest BCUT2D eigenvalue weighted by atomic mass is 10.0. The summed E-state index contributed by atoms with van der Waals surface area (Å²) in [7, 11) is 0. The van der Waals surface area contributed by atoms with Gasteiger partial charge in [-0.1, -0.05) is 36.4 Å². The molecule has 2 heterocycles. The zero-order valence-electron chi connectivity index (χ0n) is 13.4. The van der Waals surface area contributed by atoms with Crippen LogP contribution < -0.4 is 10.6 Å². The smallest absolute Gasteiger partial charge is 0.262 e. The Morgan fingerprint density at radius 3 is 2.56 bits per heavy atom. The molecule has 5 nitrogen and oxygen atoms in total. The molecular weight excluding hydrogens is 334 g/mol. The number of carbonyl (C=O) groups excluding carboxylic acids is 2. The predicted octanol–water partition coefficient (Wildman–Crippen LogP) is 3.12. The van der Waals surface area contributed by atoms with Crippen LogP contribution in [0, 0.1) is 0 Å². The van der Waals surface area contributed by atoms with Crippen LogP contribution in [0.4, 0.5) is 5.69 Å². The number of nitrogens with one attached hydrogen (secondary N) is 2. The van der Waals surface area contributed by atoms with E-state index in [1.54, 1.807) is 30.6 Å². The Hall–Kier alpha value is -2.99. The van der Waals surface area contributed by atoms with Gasteiger partial charge in [0.15, 0.2) is 0 Å². The highest BCUT2D eigenvalue weighted by Gasteiger charge is 2.22. The summed E-state index contributed by atoms with van der Waals surface area (Å²) in [5, 5.41) is 7.46. The lowest BCUT2D eigenvalue weighted by Gasteiger charge is -2.18. The van der Waals surface area contributed by atoms with Crippen LogP contribution in [-0.4, -0.2) is 22.8 Å². The van der Waals surface area contributed by atoms with E-state index in [9.17, 15) is 9.59 Å². The normalized spacial score (nSPS) is 11.5. The van der Waals surface area contributed by atoms with E-state index in [4.69, 9.17) is 0 Å². The number of benzene rings is 1. The summed E-state index contributed by atoms with van der Waals surface area (Å²) in [4.78, 5) is 29.6. The standard InChI is InChI=1S/C19H17N3O2S/c23-18(21-15-8-4-10-20-13-15)16(12-14-6-2-1-3-7-14)22-19(24)17-9-5-11-25-17/h1-11,13,16H,12H2,(H,21,23)(H,22,24)/t16-/m0/s1. The fraction of sp³-hybridized carbons (Fsp3) is 0.105. The molecule has 2 aromatic heterocycles. The van der Waals surface area contributed by atoms with E-state index in [0.717, 1.165) is 5.56 Å². The van der Waals surface area contributed by atoms with Gasteiger partial charge < -0.3 is 10.6 Å². The third-order valence-electron chi connectivity index (χ3n) is 3.58. The fourth-order valence-corrected chi connectivity index (χ4v) is 2.99. The molecule has 2 N–H and O–H groups in total. The molecule has 0 unspecified atom stereocenters. The maximum absolute atomic E-state index is 12.7. The molecule has 6 heteroatoms. The third-order valence-corrected chi connectivity index (χ3v) is 4.45. The van der Waals surface area contributed by atoms with E-state index < -0.39 is 6.04 Å². The lowest BCUT2D eigenvalue weighted by molar-refractivity contribution is -0.118. The van der Waals surface area contributed by atoms with Crippen molar-refractivity contribution in [3.8, 4) is 0 Å². The van der Waals surface area contributed by atoms with Crippen molar-refractivity contribution < 1.29 is 9.59 Å². The summed E-state index contributed by atoms with van der Waals surface area (Å²) in [6.45, 7) is 0. The first-order valence-electron chi connectivity index (χ1n) is 7.81. The monoisotopic (exact) mass is 351 g/mol. The first kappa shape index (κ1) is 16.9. The van der Waals surface area contributed by atoms with E-state index in [2.05, 4.69) is 15.6 Å². The summed E-state index contributed by atoms with van der Waals surface area (Å²) in [6.07, 6.45) is 3.61. The van der Waals surface area contributed by atoms with Gasteiger partial charge in [-0.05, 0) is 29.1 Å². The van der Waals surface area contributed by atoms with E-state index in [1.165, 1.54) is 11.3 Å². The van der Waals surface area contributed by atoms with Gasteiger partial charge in [-0.3, -0.25) is 14.6 Å². The minimum absolute atomic E-state index is 0.253. The number of nitrogens with zero attached hydrogens (tertiary/aromatic N) is 1. The summed E-state index contributed by atoms with van der Waals surface area (Å²) in [5.74, 6) is -0.529. The fourth-order valence-electron chi connectivity index (χ4n) is 2.36. The van der Waals surface area contributed by atoms with Gasteiger partial charge in [0.2, 0.25) is 5.91 Å². The van der Waals surface area contributed by atoms with E-state index in [-0.39, 0.29) is 11.8 Å². The van der Waals surface area contributed by atoms with Gasteiger partial charge in [-0.15, -0.1) is 11.3 Å². The molecule has 0 bridgehead atoms. The first-order chi connectivity index (χ1) is 12.2. The Bertz CT molecular complexity index is 820. The van der Waals surface area contributed by atoms with Crippen molar-refractivity contribution in [3.05, 3.63) is 82.8 Å². The quantitative estimate of drug-likeness (QED) is 0.717. The average Bonchev–Trinajstić information content (AvgIpc) is 3.18.